The fourth-order valence-corrected chi connectivity index (χ4v) is 2.45. The quantitative estimate of drug-likeness (QED) is 0.777. The topological polar surface area (TPSA) is 83.8 Å². The van der Waals surface area contributed by atoms with E-state index >= 15 is 0 Å². The van der Waals surface area contributed by atoms with Gasteiger partial charge >= 0.3 is 0 Å². The average Bonchev–Trinajstić information content (AvgIpc) is 2.87. The Balaban J connectivity index is 1.98. The van der Waals surface area contributed by atoms with Gasteiger partial charge in [-0.15, -0.1) is 0 Å². The van der Waals surface area contributed by atoms with Crippen LogP contribution in [-0.2, 0) is 17.6 Å². The maximum absolute atomic E-state index is 11.3. The molecule has 0 unspecified atom stereocenters. The molecule has 5 heteroatoms. The molecule has 3 rings (SSSR count). The van der Waals surface area contributed by atoms with E-state index < -0.39 is 0 Å². The van der Waals surface area contributed by atoms with Crippen LogP contribution in [0.25, 0.3) is 11.3 Å². The Morgan fingerprint density at radius 2 is 2.21 bits per heavy atom. The van der Waals surface area contributed by atoms with Crippen LogP contribution in [0.2, 0.25) is 0 Å². The molecule has 1 amide bonds. The van der Waals surface area contributed by atoms with E-state index in [2.05, 4.69) is 21.6 Å². The number of aromatic nitrogens is 2. The molecule has 1 aliphatic heterocycles. The number of benzene rings is 1. The molecule has 5 nitrogen and oxygen atoms in total. The Morgan fingerprint density at radius 3 is 3.05 bits per heavy atom. The van der Waals surface area contributed by atoms with Crippen LogP contribution >= 0.6 is 0 Å². The Hall–Kier alpha value is -2.14. The number of rotatable bonds is 3. The zero-order chi connectivity index (χ0) is 13.2. The molecule has 0 spiro atoms. The number of hydrogen-bond acceptors (Lipinski definition) is 3. The molecular weight excluding hydrogens is 240 g/mol. The lowest BCUT2D eigenvalue weighted by Gasteiger charge is -2.17. The lowest BCUT2D eigenvalue weighted by atomic mass is 9.97. The maximum atomic E-state index is 11.3. The third kappa shape index (κ3) is 2.24. The minimum atomic E-state index is 0.0885. The van der Waals surface area contributed by atoms with Gasteiger partial charge in [0.1, 0.15) is 0 Å². The molecule has 98 valence electrons. The standard InChI is InChI=1S/C14H16N4O/c15-6-5-11-8-16-18-14(11)10-1-3-12-9(7-10)2-4-13(19)17-12/h1,3,7-8H,2,4-6,15H2,(H,16,18)(H,17,19). The number of nitrogens with zero attached hydrogens (tertiary/aromatic N) is 1. The van der Waals surface area contributed by atoms with E-state index in [0.29, 0.717) is 13.0 Å². The van der Waals surface area contributed by atoms with Crippen LogP contribution < -0.4 is 11.1 Å². The molecule has 1 aromatic heterocycles. The van der Waals surface area contributed by atoms with Gasteiger partial charge in [-0.3, -0.25) is 9.89 Å². The van der Waals surface area contributed by atoms with Gasteiger partial charge in [0.25, 0.3) is 0 Å². The van der Waals surface area contributed by atoms with Crippen molar-refractivity contribution in [1.29, 1.82) is 0 Å². The predicted molar refractivity (Wildman–Crippen MR) is 73.7 cm³/mol. The molecule has 0 atom stereocenters. The fourth-order valence-electron chi connectivity index (χ4n) is 2.45. The molecule has 0 aliphatic carbocycles. The normalized spacial score (nSPS) is 14.1. The van der Waals surface area contributed by atoms with Crippen LogP contribution in [0, 0.1) is 0 Å². The van der Waals surface area contributed by atoms with E-state index in [4.69, 9.17) is 5.73 Å². The van der Waals surface area contributed by atoms with Crippen molar-refractivity contribution < 1.29 is 4.79 Å². The van der Waals surface area contributed by atoms with Gasteiger partial charge in [0.05, 0.1) is 11.9 Å². The maximum Gasteiger partial charge on any atom is 0.224 e. The second-order valence-corrected chi connectivity index (χ2v) is 4.73. The summed E-state index contributed by atoms with van der Waals surface area (Å²) in [5, 5.41) is 10.0. The molecule has 0 saturated heterocycles. The third-order valence-corrected chi connectivity index (χ3v) is 3.42. The number of carbonyl (C=O) groups is 1. The van der Waals surface area contributed by atoms with E-state index in [-0.39, 0.29) is 5.91 Å². The summed E-state index contributed by atoms with van der Waals surface area (Å²) in [4.78, 5) is 11.3. The smallest absolute Gasteiger partial charge is 0.224 e. The lowest BCUT2D eigenvalue weighted by Crippen LogP contribution is -2.18. The molecule has 2 aromatic rings. The minimum absolute atomic E-state index is 0.0885. The first-order chi connectivity index (χ1) is 9.28. The Labute approximate surface area is 111 Å². The van der Waals surface area contributed by atoms with Crippen LogP contribution in [-0.4, -0.2) is 22.6 Å². The summed E-state index contributed by atoms with van der Waals surface area (Å²) in [6.45, 7) is 0.605. The average molecular weight is 256 g/mol. The third-order valence-electron chi connectivity index (χ3n) is 3.42. The molecular formula is C14H16N4O. The van der Waals surface area contributed by atoms with E-state index in [1.54, 1.807) is 0 Å². The highest BCUT2D eigenvalue weighted by Crippen LogP contribution is 2.29. The number of hydrogen-bond donors (Lipinski definition) is 3. The number of H-pyrrole nitrogens is 1. The summed E-state index contributed by atoms with van der Waals surface area (Å²) in [5.74, 6) is 0.0885. The van der Waals surface area contributed by atoms with Gasteiger partial charge in [0, 0.05) is 17.7 Å². The van der Waals surface area contributed by atoms with Crippen molar-refractivity contribution in [3.63, 3.8) is 0 Å². The van der Waals surface area contributed by atoms with Gasteiger partial charge in [-0.05, 0) is 42.6 Å². The van der Waals surface area contributed by atoms with Gasteiger partial charge in [0.2, 0.25) is 5.91 Å². The molecule has 1 aliphatic rings. The summed E-state index contributed by atoms with van der Waals surface area (Å²) in [6.07, 6.45) is 3.97. The first kappa shape index (κ1) is 11.9. The molecule has 0 fully saturated rings. The minimum Gasteiger partial charge on any atom is -0.330 e. The summed E-state index contributed by atoms with van der Waals surface area (Å²) in [7, 11) is 0. The number of nitrogens with one attached hydrogen (secondary N) is 2. The Morgan fingerprint density at radius 1 is 1.32 bits per heavy atom. The van der Waals surface area contributed by atoms with E-state index in [1.807, 2.05) is 18.3 Å². The van der Waals surface area contributed by atoms with E-state index in [0.717, 1.165) is 35.3 Å². The lowest BCUT2D eigenvalue weighted by molar-refractivity contribution is -0.116. The summed E-state index contributed by atoms with van der Waals surface area (Å²) in [6, 6.07) is 6.06. The van der Waals surface area contributed by atoms with Gasteiger partial charge < -0.3 is 11.1 Å². The summed E-state index contributed by atoms with van der Waals surface area (Å²) < 4.78 is 0. The van der Waals surface area contributed by atoms with Gasteiger partial charge in [-0.1, -0.05) is 6.07 Å². The van der Waals surface area contributed by atoms with Crippen LogP contribution in [0.15, 0.2) is 24.4 Å². The first-order valence-corrected chi connectivity index (χ1v) is 6.43. The van der Waals surface area contributed by atoms with Crippen molar-refractivity contribution in [3.05, 3.63) is 35.5 Å². The number of nitrogens with two attached hydrogens (primary N) is 1. The summed E-state index contributed by atoms with van der Waals surface area (Å²) >= 11 is 0. The zero-order valence-corrected chi connectivity index (χ0v) is 10.6. The number of aryl methyl sites for hydroxylation is 1. The Kier molecular flexibility index (Phi) is 3.05. The molecule has 0 saturated carbocycles. The fraction of sp³-hybridized carbons (Fsp3) is 0.286. The van der Waals surface area contributed by atoms with Crippen LogP contribution in [0.3, 0.4) is 0 Å². The molecule has 19 heavy (non-hydrogen) atoms. The first-order valence-electron chi connectivity index (χ1n) is 6.43. The van der Waals surface area contributed by atoms with Gasteiger partial charge in [-0.2, -0.15) is 5.10 Å². The van der Waals surface area contributed by atoms with Crippen molar-refractivity contribution in [1.82, 2.24) is 10.2 Å². The number of amides is 1. The van der Waals surface area contributed by atoms with Crippen LogP contribution in [0.5, 0.6) is 0 Å². The molecule has 2 heterocycles. The summed E-state index contributed by atoms with van der Waals surface area (Å²) in [5.41, 5.74) is 10.9. The molecule has 0 radical (unpaired) electrons. The Bertz CT molecular complexity index is 618. The number of aromatic amines is 1. The largest absolute Gasteiger partial charge is 0.330 e. The highest BCUT2D eigenvalue weighted by atomic mass is 16.1. The van der Waals surface area contributed by atoms with Crippen LogP contribution in [0.1, 0.15) is 17.5 Å². The highest BCUT2D eigenvalue weighted by Gasteiger charge is 2.16. The number of anilines is 1. The van der Waals surface area contributed by atoms with Crippen molar-refractivity contribution in [2.45, 2.75) is 19.3 Å². The SMILES string of the molecule is NCCc1cn[nH]c1-c1ccc2c(c1)CCC(=O)N2. The van der Waals surface area contributed by atoms with Crippen LogP contribution in [0.4, 0.5) is 5.69 Å². The van der Waals surface area contributed by atoms with E-state index in [1.165, 1.54) is 5.56 Å². The van der Waals surface area contributed by atoms with Crippen molar-refractivity contribution in [2.24, 2.45) is 5.73 Å². The van der Waals surface area contributed by atoms with E-state index in [9.17, 15) is 4.79 Å². The van der Waals surface area contributed by atoms with Crippen molar-refractivity contribution in [3.8, 4) is 11.3 Å². The highest BCUT2D eigenvalue weighted by molar-refractivity contribution is 5.94. The van der Waals surface area contributed by atoms with Gasteiger partial charge in [-0.25, -0.2) is 0 Å². The second kappa shape index (κ2) is 4.85. The second-order valence-electron chi connectivity index (χ2n) is 4.73. The van der Waals surface area contributed by atoms with Crippen molar-refractivity contribution >= 4 is 11.6 Å². The molecule has 0 bridgehead atoms. The van der Waals surface area contributed by atoms with Crippen molar-refractivity contribution in [2.75, 3.05) is 11.9 Å². The monoisotopic (exact) mass is 256 g/mol. The number of carbonyl (C=O) groups excluding carboxylic acids is 1. The van der Waals surface area contributed by atoms with Gasteiger partial charge in [0.15, 0.2) is 0 Å². The number of fused-ring (bicyclic) bond motifs is 1. The zero-order valence-electron chi connectivity index (χ0n) is 10.6. The predicted octanol–water partition coefficient (Wildman–Crippen LogP) is 1.46. The molecule has 4 N–H and O–H groups in total. The molecule has 1 aromatic carbocycles.